The molecule has 0 aliphatic carbocycles. The molecular formula is C22H22N4O4. The molecule has 3 heterocycles. The molecule has 8 nitrogen and oxygen atoms in total. The highest BCUT2D eigenvalue weighted by Crippen LogP contribution is 2.27. The van der Waals surface area contributed by atoms with Crippen molar-refractivity contribution in [1.82, 2.24) is 19.6 Å². The van der Waals surface area contributed by atoms with Crippen LogP contribution in [0.4, 0.5) is 0 Å². The Morgan fingerprint density at radius 3 is 2.63 bits per heavy atom. The number of hydrogen-bond acceptors (Lipinski definition) is 7. The number of fused-ring (bicyclic) bond motifs is 2. The summed E-state index contributed by atoms with van der Waals surface area (Å²) in [6, 6.07) is 7.03. The Balaban J connectivity index is 1.66. The quantitative estimate of drug-likeness (QED) is 0.377. The highest BCUT2D eigenvalue weighted by molar-refractivity contribution is 5.86. The molecule has 8 heteroatoms. The third kappa shape index (κ3) is 3.56. The van der Waals surface area contributed by atoms with E-state index in [0.29, 0.717) is 22.8 Å². The summed E-state index contributed by atoms with van der Waals surface area (Å²) in [5.74, 6) is -0.127. The van der Waals surface area contributed by atoms with E-state index in [1.165, 1.54) is 10.6 Å². The van der Waals surface area contributed by atoms with Crippen molar-refractivity contribution in [1.29, 1.82) is 0 Å². The molecule has 4 rings (SSSR count). The SMILES string of the molecule is Cc1cc(C)n2nc(C(=O)OCc3cc(=O)oc4cc(C)c(C(C)C)cc34)nc2n1. The Kier molecular flexibility index (Phi) is 4.85. The van der Waals surface area contributed by atoms with Gasteiger partial charge in [-0.2, -0.15) is 4.98 Å². The lowest BCUT2D eigenvalue weighted by atomic mass is 9.95. The number of rotatable bonds is 4. The van der Waals surface area contributed by atoms with Gasteiger partial charge in [0.1, 0.15) is 12.2 Å². The van der Waals surface area contributed by atoms with Crippen LogP contribution in [0.1, 0.15) is 58.5 Å². The summed E-state index contributed by atoms with van der Waals surface area (Å²) >= 11 is 0. The second-order valence-electron chi connectivity index (χ2n) is 7.71. The van der Waals surface area contributed by atoms with E-state index in [1.54, 1.807) is 0 Å². The maximum atomic E-state index is 12.5. The summed E-state index contributed by atoms with van der Waals surface area (Å²) in [4.78, 5) is 33.0. The molecule has 0 atom stereocenters. The Hall–Kier alpha value is -3.55. The predicted octanol–water partition coefficient (Wildman–Crippen LogP) is 3.64. The zero-order chi connectivity index (χ0) is 21.6. The molecule has 0 radical (unpaired) electrons. The van der Waals surface area contributed by atoms with Crippen LogP contribution in [0.15, 0.2) is 33.5 Å². The first kappa shape index (κ1) is 19.8. The summed E-state index contributed by atoms with van der Waals surface area (Å²) in [5, 5.41) is 4.93. The van der Waals surface area contributed by atoms with E-state index in [2.05, 4.69) is 28.9 Å². The third-order valence-electron chi connectivity index (χ3n) is 5.00. The van der Waals surface area contributed by atoms with Gasteiger partial charge in [-0.25, -0.2) is 19.1 Å². The van der Waals surface area contributed by atoms with Crippen LogP contribution < -0.4 is 5.63 Å². The number of esters is 1. The molecule has 154 valence electrons. The van der Waals surface area contributed by atoms with Crippen molar-refractivity contribution in [2.75, 3.05) is 0 Å². The molecule has 0 amide bonds. The summed E-state index contributed by atoms with van der Waals surface area (Å²) in [6.45, 7) is 9.78. The lowest BCUT2D eigenvalue weighted by Crippen LogP contribution is -2.10. The molecule has 0 unspecified atom stereocenters. The summed E-state index contributed by atoms with van der Waals surface area (Å²) in [7, 11) is 0. The largest absolute Gasteiger partial charge is 0.455 e. The minimum atomic E-state index is -0.685. The molecule has 30 heavy (non-hydrogen) atoms. The monoisotopic (exact) mass is 406 g/mol. The van der Waals surface area contributed by atoms with Crippen molar-refractivity contribution in [2.45, 2.75) is 47.1 Å². The molecule has 0 N–H and O–H groups in total. The average molecular weight is 406 g/mol. The van der Waals surface area contributed by atoms with Crippen molar-refractivity contribution in [2.24, 2.45) is 0 Å². The molecule has 0 spiro atoms. The number of benzene rings is 1. The van der Waals surface area contributed by atoms with Gasteiger partial charge in [-0.3, -0.25) is 0 Å². The lowest BCUT2D eigenvalue weighted by molar-refractivity contribution is 0.0459. The molecule has 0 saturated heterocycles. The van der Waals surface area contributed by atoms with Crippen LogP contribution in [0.2, 0.25) is 0 Å². The molecular weight excluding hydrogens is 384 g/mol. The van der Waals surface area contributed by atoms with Gasteiger partial charge in [0.05, 0.1) is 0 Å². The molecule has 0 bridgehead atoms. The van der Waals surface area contributed by atoms with Gasteiger partial charge in [-0.1, -0.05) is 13.8 Å². The van der Waals surface area contributed by atoms with E-state index in [-0.39, 0.29) is 12.4 Å². The normalized spacial score (nSPS) is 11.5. The van der Waals surface area contributed by atoms with Gasteiger partial charge in [0.15, 0.2) is 0 Å². The van der Waals surface area contributed by atoms with Crippen LogP contribution >= 0.6 is 0 Å². The van der Waals surface area contributed by atoms with Gasteiger partial charge < -0.3 is 9.15 Å². The van der Waals surface area contributed by atoms with Crippen molar-refractivity contribution >= 4 is 22.7 Å². The minimum Gasteiger partial charge on any atom is -0.455 e. The van der Waals surface area contributed by atoms with Crippen molar-refractivity contribution in [3.63, 3.8) is 0 Å². The standard InChI is InChI=1S/C22H22N4O4/c1-11(2)16-9-17-15(8-19(27)30-18(17)6-12(16)3)10-29-21(28)20-24-22-23-13(4)7-14(5)26(22)25-20/h6-9,11H,10H2,1-5H3. The second-order valence-corrected chi connectivity index (χ2v) is 7.71. The number of aromatic nitrogens is 4. The lowest BCUT2D eigenvalue weighted by Gasteiger charge is -2.13. The summed E-state index contributed by atoms with van der Waals surface area (Å²) in [5.41, 5.74) is 4.33. The van der Waals surface area contributed by atoms with Gasteiger partial charge in [0.2, 0.25) is 0 Å². The van der Waals surface area contributed by atoms with Crippen molar-refractivity contribution in [3.8, 4) is 0 Å². The highest BCUT2D eigenvalue weighted by Gasteiger charge is 2.18. The molecule has 0 aliphatic rings. The van der Waals surface area contributed by atoms with Crippen LogP contribution in [-0.2, 0) is 11.3 Å². The van der Waals surface area contributed by atoms with Crippen molar-refractivity contribution < 1.29 is 13.9 Å². The van der Waals surface area contributed by atoms with Crippen LogP contribution in [0.3, 0.4) is 0 Å². The summed E-state index contributed by atoms with van der Waals surface area (Å²) < 4.78 is 12.3. The number of carbonyl (C=O) groups excluding carboxylic acids is 1. The zero-order valence-corrected chi connectivity index (χ0v) is 17.5. The van der Waals surface area contributed by atoms with E-state index in [0.717, 1.165) is 27.9 Å². The molecule has 4 aromatic rings. The number of carbonyl (C=O) groups is 1. The van der Waals surface area contributed by atoms with Crippen molar-refractivity contribution in [3.05, 3.63) is 68.6 Å². The van der Waals surface area contributed by atoms with Crippen LogP contribution in [0.25, 0.3) is 16.7 Å². The molecule has 3 aromatic heterocycles. The van der Waals surface area contributed by atoms with Gasteiger partial charge >= 0.3 is 11.6 Å². The Morgan fingerprint density at radius 1 is 1.13 bits per heavy atom. The van der Waals surface area contributed by atoms with Crippen LogP contribution in [-0.4, -0.2) is 25.6 Å². The van der Waals surface area contributed by atoms with Gasteiger partial charge in [-0.05, 0) is 56.0 Å². The fourth-order valence-corrected chi connectivity index (χ4v) is 3.59. The van der Waals surface area contributed by atoms with Gasteiger partial charge in [0.25, 0.3) is 11.6 Å². The number of ether oxygens (including phenoxy) is 1. The van der Waals surface area contributed by atoms with E-state index in [1.807, 2.05) is 39.0 Å². The summed E-state index contributed by atoms with van der Waals surface area (Å²) in [6.07, 6.45) is 0. The highest BCUT2D eigenvalue weighted by atomic mass is 16.5. The van der Waals surface area contributed by atoms with E-state index in [4.69, 9.17) is 9.15 Å². The molecule has 0 saturated carbocycles. The molecule has 0 aliphatic heterocycles. The van der Waals surface area contributed by atoms with Crippen LogP contribution in [0.5, 0.6) is 0 Å². The van der Waals surface area contributed by atoms with E-state index >= 15 is 0 Å². The maximum Gasteiger partial charge on any atom is 0.378 e. The zero-order valence-electron chi connectivity index (χ0n) is 17.5. The topological polar surface area (TPSA) is 99.6 Å². The first-order valence-electron chi connectivity index (χ1n) is 9.68. The minimum absolute atomic E-state index is 0.0813. The first-order chi connectivity index (χ1) is 14.2. The van der Waals surface area contributed by atoms with Crippen LogP contribution in [0, 0.1) is 20.8 Å². The predicted molar refractivity (Wildman–Crippen MR) is 111 cm³/mol. The van der Waals surface area contributed by atoms with E-state index in [9.17, 15) is 9.59 Å². The molecule has 0 fully saturated rings. The van der Waals surface area contributed by atoms with E-state index < -0.39 is 11.6 Å². The number of hydrogen-bond donors (Lipinski definition) is 0. The Morgan fingerprint density at radius 2 is 1.90 bits per heavy atom. The Labute approximate surface area is 172 Å². The number of nitrogens with zero attached hydrogens (tertiary/aromatic N) is 4. The van der Waals surface area contributed by atoms with Gasteiger partial charge in [0, 0.05) is 28.4 Å². The molecule has 1 aromatic carbocycles. The van der Waals surface area contributed by atoms with Gasteiger partial charge in [-0.15, -0.1) is 5.10 Å². The fourth-order valence-electron chi connectivity index (χ4n) is 3.59. The number of aryl methyl sites for hydroxylation is 3. The smallest absolute Gasteiger partial charge is 0.378 e. The Bertz CT molecular complexity index is 1350. The maximum absolute atomic E-state index is 12.5. The fraction of sp³-hybridized carbons (Fsp3) is 0.318. The first-order valence-corrected chi connectivity index (χ1v) is 9.68. The second kappa shape index (κ2) is 7.37. The third-order valence-corrected chi connectivity index (χ3v) is 5.00. The average Bonchev–Trinajstić information content (AvgIpc) is 3.09.